The summed E-state index contributed by atoms with van der Waals surface area (Å²) >= 11 is 3.40. The Bertz CT molecular complexity index is 491. The van der Waals surface area contributed by atoms with Gasteiger partial charge in [-0.15, -0.1) is 0 Å². The van der Waals surface area contributed by atoms with Crippen LogP contribution in [0.25, 0.3) is 0 Å². The highest BCUT2D eigenvalue weighted by molar-refractivity contribution is 9.10. The van der Waals surface area contributed by atoms with E-state index < -0.39 is 0 Å². The van der Waals surface area contributed by atoms with Crippen molar-refractivity contribution < 1.29 is 9.53 Å². The molecular formula is C15H18BrNO2. The van der Waals surface area contributed by atoms with Crippen LogP contribution in [0.1, 0.15) is 42.5 Å². The fraction of sp³-hybridized carbons (Fsp3) is 0.533. The summed E-state index contributed by atoms with van der Waals surface area (Å²) in [7, 11) is 0. The zero-order chi connectivity index (χ0) is 13.5. The molecule has 1 aliphatic carbocycles. The number of rotatable bonds is 2. The zero-order valence-electron chi connectivity index (χ0n) is 10.8. The Hall–Kier alpha value is -0.870. The molecule has 2 N–H and O–H groups in total. The van der Waals surface area contributed by atoms with Gasteiger partial charge in [-0.1, -0.05) is 15.9 Å². The first-order valence-corrected chi connectivity index (χ1v) is 7.62. The fourth-order valence-corrected chi connectivity index (χ4v) is 3.67. The van der Waals surface area contributed by atoms with Gasteiger partial charge in [-0.05, 0) is 50.3 Å². The van der Waals surface area contributed by atoms with Crippen LogP contribution >= 0.6 is 15.9 Å². The molecule has 3 nitrogen and oxygen atoms in total. The lowest BCUT2D eigenvalue weighted by atomic mass is 9.70. The van der Waals surface area contributed by atoms with Crippen LogP contribution < -0.4 is 5.73 Å². The molecule has 1 saturated carbocycles. The molecule has 0 aromatic heterocycles. The number of anilines is 1. The first kappa shape index (κ1) is 13.1. The number of nitrogens with two attached hydrogens (primary N) is 1. The zero-order valence-corrected chi connectivity index (χ0v) is 12.4. The minimum absolute atomic E-state index is 0.0101. The minimum Gasteiger partial charge on any atom is -0.399 e. The number of nitrogen functional groups attached to an aromatic ring is 1. The van der Waals surface area contributed by atoms with Gasteiger partial charge in [0.1, 0.15) is 0 Å². The van der Waals surface area contributed by atoms with E-state index in [1.54, 1.807) is 6.07 Å². The molecule has 0 bridgehead atoms. The SMILES string of the molecule is Nc1cc(Br)cc(C(=O)C2CCOC3(CCC3)C2)c1. The van der Waals surface area contributed by atoms with Crippen LogP contribution in [0.3, 0.4) is 0 Å². The van der Waals surface area contributed by atoms with Crippen LogP contribution in [0.2, 0.25) is 0 Å². The van der Waals surface area contributed by atoms with Crippen LogP contribution in [-0.4, -0.2) is 18.0 Å². The van der Waals surface area contributed by atoms with Crippen molar-refractivity contribution in [1.29, 1.82) is 0 Å². The minimum atomic E-state index is 0.0101. The molecule has 4 heteroatoms. The molecule has 1 aromatic carbocycles. The molecule has 3 rings (SSSR count). The van der Waals surface area contributed by atoms with E-state index in [-0.39, 0.29) is 17.3 Å². The van der Waals surface area contributed by atoms with Crippen molar-refractivity contribution in [1.82, 2.24) is 0 Å². The summed E-state index contributed by atoms with van der Waals surface area (Å²) in [6.45, 7) is 0.708. The molecule has 1 aliphatic heterocycles. The van der Waals surface area contributed by atoms with Crippen LogP contribution in [0, 0.1) is 5.92 Å². The summed E-state index contributed by atoms with van der Waals surface area (Å²) in [5, 5.41) is 0. The Morgan fingerprint density at radius 2 is 2.16 bits per heavy atom. The lowest BCUT2D eigenvalue weighted by Gasteiger charge is -2.46. The number of hydrogen-bond acceptors (Lipinski definition) is 3. The molecule has 19 heavy (non-hydrogen) atoms. The number of ether oxygens (including phenoxy) is 1. The summed E-state index contributed by atoms with van der Waals surface area (Å²) in [5.74, 6) is 0.297. The number of benzene rings is 1. The van der Waals surface area contributed by atoms with E-state index in [2.05, 4.69) is 15.9 Å². The number of ketones is 1. The Morgan fingerprint density at radius 1 is 1.37 bits per heavy atom. The molecule has 1 spiro atoms. The lowest BCUT2D eigenvalue weighted by molar-refractivity contribution is -0.137. The molecule has 0 amide bonds. The predicted octanol–water partition coefficient (Wildman–Crippen LogP) is 3.56. The summed E-state index contributed by atoms with van der Waals surface area (Å²) in [6.07, 6.45) is 5.14. The molecule has 2 fully saturated rings. The number of halogens is 1. The monoisotopic (exact) mass is 323 g/mol. The molecule has 102 valence electrons. The molecule has 1 unspecified atom stereocenters. The first-order chi connectivity index (χ1) is 9.08. The second-order valence-corrected chi connectivity index (χ2v) is 6.63. The number of carbonyl (C=O) groups is 1. The van der Waals surface area contributed by atoms with Crippen LogP contribution in [0.5, 0.6) is 0 Å². The maximum atomic E-state index is 12.6. The first-order valence-electron chi connectivity index (χ1n) is 6.82. The lowest BCUT2D eigenvalue weighted by Crippen LogP contribution is -2.47. The van der Waals surface area contributed by atoms with E-state index in [9.17, 15) is 4.79 Å². The number of hydrogen-bond donors (Lipinski definition) is 1. The normalized spacial score (nSPS) is 25.0. The van der Waals surface area contributed by atoms with Crippen molar-refractivity contribution in [2.45, 2.75) is 37.7 Å². The smallest absolute Gasteiger partial charge is 0.166 e. The van der Waals surface area contributed by atoms with Gasteiger partial charge in [0.25, 0.3) is 0 Å². The van der Waals surface area contributed by atoms with Gasteiger partial charge >= 0.3 is 0 Å². The topological polar surface area (TPSA) is 52.3 Å². The second kappa shape index (κ2) is 4.91. The Balaban J connectivity index is 1.79. The van der Waals surface area contributed by atoms with Crippen LogP contribution in [0.4, 0.5) is 5.69 Å². The van der Waals surface area contributed by atoms with Gasteiger partial charge in [-0.3, -0.25) is 4.79 Å². The number of carbonyl (C=O) groups excluding carboxylic acids is 1. The average molecular weight is 324 g/mol. The highest BCUT2D eigenvalue weighted by Gasteiger charge is 2.44. The van der Waals surface area contributed by atoms with Gasteiger partial charge < -0.3 is 10.5 Å². The van der Waals surface area contributed by atoms with Crippen molar-refractivity contribution in [2.75, 3.05) is 12.3 Å². The molecule has 2 aliphatic rings. The van der Waals surface area contributed by atoms with Gasteiger partial charge in [0.2, 0.25) is 0 Å². The van der Waals surface area contributed by atoms with E-state index in [1.165, 1.54) is 6.42 Å². The molecule has 1 heterocycles. The third-order valence-corrected chi connectivity index (χ3v) is 4.79. The molecular weight excluding hydrogens is 306 g/mol. The Labute approximate surface area is 121 Å². The van der Waals surface area contributed by atoms with E-state index in [0.717, 1.165) is 30.2 Å². The standard InChI is InChI=1S/C15H18BrNO2/c16-12-6-11(7-13(17)8-12)14(18)10-2-5-19-15(9-10)3-1-4-15/h6-8,10H,1-5,9,17H2. The predicted molar refractivity (Wildman–Crippen MR) is 78.1 cm³/mol. The largest absolute Gasteiger partial charge is 0.399 e. The average Bonchev–Trinajstić information content (AvgIpc) is 2.35. The fourth-order valence-electron chi connectivity index (χ4n) is 3.16. The van der Waals surface area contributed by atoms with E-state index in [0.29, 0.717) is 17.9 Å². The van der Waals surface area contributed by atoms with Crippen molar-refractivity contribution in [3.05, 3.63) is 28.2 Å². The number of Topliss-reactive ketones (excluding diaryl/α,β-unsaturated/α-hetero) is 1. The highest BCUT2D eigenvalue weighted by atomic mass is 79.9. The summed E-state index contributed by atoms with van der Waals surface area (Å²) in [6, 6.07) is 5.45. The van der Waals surface area contributed by atoms with Gasteiger partial charge in [-0.2, -0.15) is 0 Å². The van der Waals surface area contributed by atoms with Gasteiger partial charge in [-0.25, -0.2) is 0 Å². The molecule has 1 aromatic rings. The van der Waals surface area contributed by atoms with E-state index in [4.69, 9.17) is 10.5 Å². The quantitative estimate of drug-likeness (QED) is 0.668. The van der Waals surface area contributed by atoms with E-state index >= 15 is 0 Å². The van der Waals surface area contributed by atoms with Gasteiger partial charge in [0.15, 0.2) is 5.78 Å². The Morgan fingerprint density at radius 3 is 2.79 bits per heavy atom. The second-order valence-electron chi connectivity index (χ2n) is 5.71. The van der Waals surface area contributed by atoms with Crippen molar-refractivity contribution in [2.24, 2.45) is 5.92 Å². The maximum Gasteiger partial charge on any atom is 0.166 e. The van der Waals surface area contributed by atoms with Crippen LogP contribution in [-0.2, 0) is 4.74 Å². The van der Waals surface area contributed by atoms with Crippen molar-refractivity contribution in [3.8, 4) is 0 Å². The molecule has 1 atom stereocenters. The summed E-state index contributed by atoms with van der Waals surface area (Å²) in [5.41, 5.74) is 7.16. The third-order valence-electron chi connectivity index (χ3n) is 4.33. The third kappa shape index (κ3) is 2.56. The summed E-state index contributed by atoms with van der Waals surface area (Å²) in [4.78, 5) is 12.6. The summed E-state index contributed by atoms with van der Waals surface area (Å²) < 4.78 is 6.74. The van der Waals surface area contributed by atoms with Gasteiger partial charge in [0, 0.05) is 28.2 Å². The molecule has 1 saturated heterocycles. The highest BCUT2D eigenvalue weighted by Crippen LogP contribution is 2.45. The van der Waals surface area contributed by atoms with E-state index in [1.807, 2.05) is 12.1 Å². The van der Waals surface area contributed by atoms with Crippen molar-refractivity contribution in [3.63, 3.8) is 0 Å². The van der Waals surface area contributed by atoms with Crippen molar-refractivity contribution >= 4 is 27.4 Å². The van der Waals surface area contributed by atoms with Crippen LogP contribution in [0.15, 0.2) is 22.7 Å². The Kier molecular flexibility index (Phi) is 3.39. The van der Waals surface area contributed by atoms with Gasteiger partial charge in [0.05, 0.1) is 5.60 Å². The maximum absolute atomic E-state index is 12.6. The molecule has 0 radical (unpaired) electrons.